The van der Waals surface area contributed by atoms with Gasteiger partial charge in [0.15, 0.2) is 0 Å². The molecule has 2 saturated heterocycles. The minimum Gasteiger partial charge on any atom is -0.397 e. The van der Waals surface area contributed by atoms with Gasteiger partial charge in [0.1, 0.15) is 12.5 Å². The minimum absolute atomic E-state index is 0. The first-order valence-corrected chi connectivity index (χ1v) is 21.0. The van der Waals surface area contributed by atoms with Crippen molar-refractivity contribution in [3.63, 3.8) is 0 Å². The summed E-state index contributed by atoms with van der Waals surface area (Å²) in [5, 5.41) is 30.0. The molecular weight excluding hydrogens is 863 g/mol. The Morgan fingerprint density at radius 1 is 0.727 bits per heavy atom. The summed E-state index contributed by atoms with van der Waals surface area (Å²) in [7, 11) is 0. The number of rotatable bonds is 13. The molecule has 21 heteroatoms. The lowest BCUT2D eigenvalue weighted by atomic mass is 10.1. The zero-order chi connectivity index (χ0) is 47.4. The second-order valence-electron chi connectivity index (χ2n) is 15.1. The van der Waals surface area contributed by atoms with Crippen LogP contribution in [0.3, 0.4) is 0 Å². The Morgan fingerprint density at radius 3 is 1.64 bits per heavy atom. The Balaban J connectivity index is 0.000000276. The fourth-order valence-corrected chi connectivity index (χ4v) is 7.43. The SMILES string of the molecule is CCC1OC(n2cc(C)c(=O)[nH]c2=O)CC1OCc1ccccc1[N+](=O)[O-].CCC1OC(n2cc(C)c(=O)n(C(=O)c3ccccc3)c2=O)CC1OCc1ccccc1[N+](=O)[O-].CCO.N. The maximum Gasteiger partial charge on any atom is 0.340 e. The molecule has 0 saturated carbocycles. The average molecular weight is 918 g/mol. The summed E-state index contributed by atoms with van der Waals surface area (Å²) in [4.78, 5) is 86.4. The molecule has 7 rings (SSSR count). The quantitative estimate of drug-likeness (QED) is 0.0985. The van der Waals surface area contributed by atoms with Crippen molar-refractivity contribution in [2.75, 3.05) is 6.61 Å². The number of aromatic nitrogens is 4. The van der Waals surface area contributed by atoms with Crippen LogP contribution in [-0.4, -0.2) is 70.6 Å². The van der Waals surface area contributed by atoms with Gasteiger partial charge in [-0.05, 0) is 57.9 Å². The number of nitro benzene ring substituents is 2. The molecule has 0 bridgehead atoms. The van der Waals surface area contributed by atoms with E-state index in [2.05, 4.69) is 4.98 Å². The maximum atomic E-state index is 13.3. The van der Waals surface area contributed by atoms with Crippen molar-refractivity contribution < 1.29 is 38.7 Å². The Bertz CT molecular complexity index is 2700. The van der Waals surface area contributed by atoms with Crippen molar-refractivity contribution in [2.24, 2.45) is 0 Å². The van der Waals surface area contributed by atoms with Gasteiger partial charge in [-0.1, -0.05) is 56.3 Å². The topological polar surface area (TPSA) is 294 Å². The first-order chi connectivity index (χ1) is 31.1. The van der Waals surface area contributed by atoms with E-state index < -0.39 is 56.8 Å². The van der Waals surface area contributed by atoms with Crippen LogP contribution in [-0.2, 0) is 32.2 Å². The largest absolute Gasteiger partial charge is 0.397 e. The third kappa shape index (κ3) is 12.3. The number of ether oxygens (including phenoxy) is 4. The molecular formula is C45H55N7O14. The molecule has 66 heavy (non-hydrogen) atoms. The summed E-state index contributed by atoms with van der Waals surface area (Å²) < 4.78 is 27.1. The number of nitrogens with one attached hydrogen (secondary N) is 1. The van der Waals surface area contributed by atoms with Gasteiger partial charge in [0.25, 0.3) is 28.4 Å². The number of nitrogens with zero attached hydrogens (tertiary/aromatic N) is 5. The molecule has 5 N–H and O–H groups in total. The van der Waals surface area contributed by atoms with Crippen molar-refractivity contribution in [1.82, 2.24) is 24.8 Å². The molecule has 4 heterocycles. The second-order valence-corrected chi connectivity index (χ2v) is 15.1. The van der Waals surface area contributed by atoms with Crippen molar-refractivity contribution in [2.45, 2.75) is 110 Å². The monoisotopic (exact) mass is 917 g/mol. The average Bonchev–Trinajstić information content (AvgIpc) is 3.92. The Labute approximate surface area is 378 Å². The Hall–Kier alpha value is -6.75. The van der Waals surface area contributed by atoms with Gasteiger partial charge in [-0.15, -0.1) is 0 Å². The van der Waals surface area contributed by atoms with E-state index in [1.165, 1.54) is 52.7 Å². The van der Waals surface area contributed by atoms with Gasteiger partial charge < -0.3 is 30.2 Å². The van der Waals surface area contributed by atoms with Crippen molar-refractivity contribution in [3.8, 4) is 0 Å². The zero-order valence-corrected chi connectivity index (χ0v) is 37.3. The van der Waals surface area contributed by atoms with Gasteiger partial charge in [-0.3, -0.25) is 48.7 Å². The second kappa shape index (κ2) is 24.0. The van der Waals surface area contributed by atoms with Crippen molar-refractivity contribution in [1.29, 1.82) is 0 Å². The van der Waals surface area contributed by atoms with Gasteiger partial charge in [-0.25, -0.2) is 9.59 Å². The first kappa shape index (κ1) is 51.9. The summed E-state index contributed by atoms with van der Waals surface area (Å²) in [5.74, 6) is -0.715. The molecule has 2 aliphatic rings. The number of H-pyrrole nitrogens is 1. The lowest BCUT2D eigenvalue weighted by Crippen LogP contribution is -2.45. The molecule has 3 aromatic carbocycles. The smallest absolute Gasteiger partial charge is 0.340 e. The number of aliphatic hydroxyl groups is 1. The summed E-state index contributed by atoms with van der Waals surface area (Å²) >= 11 is 0. The van der Waals surface area contributed by atoms with Crippen LogP contribution in [0.1, 0.15) is 91.5 Å². The molecule has 0 amide bonds. The van der Waals surface area contributed by atoms with Crippen LogP contribution in [0.15, 0.2) is 110 Å². The highest BCUT2D eigenvalue weighted by molar-refractivity contribution is 5.95. The van der Waals surface area contributed by atoms with E-state index >= 15 is 0 Å². The number of hydrogen-bond donors (Lipinski definition) is 3. The van der Waals surface area contributed by atoms with Crippen molar-refractivity contribution >= 4 is 17.3 Å². The van der Waals surface area contributed by atoms with Gasteiger partial charge in [-0.2, -0.15) is 4.57 Å². The van der Waals surface area contributed by atoms with E-state index in [4.69, 9.17) is 24.1 Å². The molecule has 5 aromatic rings. The Morgan fingerprint density at radius 2 is 1.17 bits per heavy atom. The molecule has 6 atom stereocenters. The van der Waals surface area contributed by atoms with Crippen LogP contribution in [0.5, 0.6) is 0 Å². The molecule has 2 aromatic heterocycles. The predicted octanol–water partition coefficient (Wildman–Crippen LogP) is 5.39. The zero-order valence-electron chi connectivity index (χ0n) is 37.3. The van der Waals surface area contributed by atoms with E-state index in [9.17, 15) is 44.2 Å². The van der Waals surface area contributed by atoms with Crippen LogP contribution >= 0.6 is 0 Å². The van der Waals surface area contributed by atoms with E-state index in [0.717, 1.165) is 0 Å². The van der Waals surface area contributed by atoms with Gasteiger partial charge in [0.05, 0.1) is 58.6 Å². The highest BCUT2D eigenvalue weighted by Gasteiger charge is 2.38. The van der Waals surface area contributed by atoms with Crippen LogP contribution in [0.25, 0.3) is 0 Å². The fraction of sp³-hybridized carbons (Fsp3) is 0.400. The van der Waals surface area contributed by atoms with Crippen LogP contribution < -0.4 is 28.6 Å². The van der Waals surface area contributed by atoms with Gasteiger partial charge >= 0.3 is 11.4 Å². The highest BCUT2D eigenvalue weighted by atomic mass is 16.6. The van der Waals surface area contributed by atoms with Crippen molar-refractivity contribution in [3.05, 3.63) is 181 Å². The van der Waals surface area contributed by atoms with E-state index in [1.807, 2.05) is 13.8 Å². The lowest BCUT2D eigenvalue weighted by Gasteiger charge is -2.17. The number of carbonyl (C=O) groups excluding carboxylic acids is 1. The number of aryl methyl sites for hydroxylation is 2. The number of para-hydroxylation sites is 2. The number of hydrogen-bond acceptors (Lipinski definition) is 15. The highest BCUT2D eigenvalue weighted by Crippen LogP contribution is 2.34. The Kier molecular flexibility index (Phi) is 18.8. The van der Waals surface area contributed by atoms with E-state index in [-0.39, 0.29) is 73.2 Å². The van der Waals surface area contributed by atoms with Gasteiger partial charge in [0, 0.05) is 60.7 Å². The molecule has 0 aliphatic carbocycles. The normalized spacial score (nSPS) is 19.7. The van der Waals surface area contributed by atoms with Gasteiger partial charge in [0.2, 0.25) is 0 Å². The predicted molar refractivity (Wildman–Crippen MR) is 241 cm³/mol. The third-order valence-electron chi connectivity index (χ3n) is 10.7. The third-order valence-corrected chi connectivity index (χ3v) is 10.7. The standard InChI is InChI=1S/C25H25N3O7.C18H21N3O6.C2H6O.H3N/c1-3-20-21(34-15-18-11-7-8-12-19(18)28(32)33)13-22(35-20)26-14-16(2)23(29)27(25(26)31)24(30)17-9-5-4-6-10-17;1-3-14-15(26-10-12-6-4-5-7-13(12)21(24)25)8-16(27-14)20-9-11(2)17(22)19-18(20)23;1-2-3;/h4-12,14,20-22H,3,13,15H2,1-2H3;4-7,9,14-16H,3,8,10H2,1-2H3,(H,19,22,23);3H,2H2,1H3;1H3. The van der Waals surface area contributed by atoms with E-state index in [1.54, 1.807) is 68.4 Å². The van der Waals surface area contributed by atoms with E-state index in [0.29, 0.717) is 40.5 Å². The first-order valence-electron chi connectivity index (χ1n) is 21.0. The molecule has 6 unspecified atom stereocenters. The minimum atomic E-state index is -0.798. The summed E-state index contributed by atoms with van der Waals surface area (Å²) in [5.41, 5.74) is -0.705. The number of benzene rings is 3. The van der Waals surface area contributed by atoms with Crippen LogP contribution in [0, 0.1) is 34.1 Å². The summed E-state index contributed by atoms with van der Waals surface area (Å²) in [6.45, 7) is 9.01. The molecule has 2 aliphatic heterocycles. The molecule has 21 nitrogen and oxygen atoms in total. The number of carbonyl (C=O) groups is 1. The summed E-state index contributed by atoms with van der Waals surface area (Å²) in [6, 6.07) is 20.9. The van der Waals surface area contributed by atoms with Crippen LogP contribution in [0.2, 0.25) is 0 Å². The maximum absolute atomic E-state index is 13.3. The molecule has 0 spiro atoms. The molecule has 2 fully saturated rings. The number of nitro groups is 2. The van der Waals surface area contributed by atoms with Crippen LogP contribution in [0.4, 0.5) is 11.4 Å². The molecule has 354 valence electrons. The molecule has 0 radical (unpaired) electrons. The fourth-order valence-electron chi connectivity index (χ4n) is 7.43. The lowest BCUT2D eigenvalue weighted by molar-refractivity contribution is -0.386. The number of aliphatic hydroxyl groups excluding tert-OH is 1. The summed E-state index contributed by atoms with van der Waals surface area (Å²) in [6.07, 6.45) is 2.07. The number of aromatic amines is 1.